The number of nitrogens with one attached hydrogen (secondary N) is 1. The van der Waals surface area contributed by atoms with Crippen LogP contribution >= 0.6 is 11.8 Å². The lowest BCUT2D eigenvalue weighted by Crippen LogP contribution is -2.51. The van der Waals surface area contributed by atoms with Crippen molar-refractivity contribution in [1.29, 1.82) is 0 Å². The van der Waals surface area contributed by atoms with Gasteiger partial charge in [-0.05, 0) is 68.3 Å². The molecule has 6 nitrogen and oxygen atoms in total. The van der Waals surface area contributed by atoms with Gasteiger partial charge in [0.25, 0.3) is 0 Å². The lowest BCUT2D eigenvalue weighted by Gasteiger charge is -2.38. The molecule has 1 aromatic carbocycles. The third-order valence-electron chi connectivity index (χ3n) is 7.28. The normalized spacial score (nSPS) is 22.2. The number of piperidine rings is 1. The maximum absolute atomic E-state index is 12.7. The molecule has 1 amide bonds. The van der Waals surface area contributed by atoms with Crippen molar-refractivity contribution in [2.24, 2.45) is 4.99 Å². The van der Waals surface area contributed by atoms with Crippen molar-refractivity contribution in [2.75, 3.05) is 51.1 Å². The number of piperazine rings is 1. The molecule has 1 aromatic rings. The Labute approximate surface area is 228 Å². The number of amides is 1. The maximum atomic E-state index is 12.7. The second-order valence-corrected chi connectivity index (χ2v) is 11.2. The molecule has 1 atom stereocenters. The summed E-state index contributed by atoms with van der Waals surface area (Å²) >= 11 is -0.134. The Hall–Kier alpha value is -2.25. The molecule has 3 aliphatic heterocycles. The highest BCUT2D eigenvalue weighted by molar-refractivity contribution is 8.00. The predicted octanol–water partition coefficient (Wildman–Crippen LogP) is 5.39. The summed E-state index contributed by atoms with van der Waals surface area (Å²) in [5.41, 5.74) is -4.36. The van der Waals surface area contributed by atoms with Crippen LogP contribution in [0.3, 0.4) is 0 Å². The minimum Gasteiger partial charge on any atom is -0.382 e. The van der Waals surface area contributed by atoms with Gasteiger partial charge in [0.15, 0.2) is 0 Å². The van der Waals surface area contributed by atoms with Crippen molar-refractivity contribution in [3.8, 4) is 0 Å². The summed E-state index contributed by atoms with van der Waals surface area (Å²) in [4.78, 5) is 22.8. The lowest BCUT2D eigenvalue weighted by molar-refractivity contribution is -0.132. The number of rotatable bonds is 8. The first-order valence-corrected chi connectivity index (χ1v) is 14.0. The summed E-state index contributed by atoms with van der Waals surface area (Å²) in [6.45, 7) is 5.21. The summed E-state index contributed by atoms with van der Waals surface area (Å²) in [5, 5.41) is 3.35. The molecule has 4 rings (SSSR count). The molecular weight excluding hydrogens is 544 g/mol. The Morgan fingerprint density at radius 2 is 1.64 bits per heavy atom. The molecule has 1 unspecified atom stereocenters. The molecule has 216 valence electrons. The third-order valence-corrected chi connectivity index (χ3v) is 8.02. The molecule has 3 heterocycles. The van der Waals surface area contributed by atoms with Gasteiger partial charge in [0.05, 0.1) is 0 Å². The van der Waals surface area contributed by atoms with Crippen molar-refractivity contribution in [3.05, 3.63) is 36.0 Å². The minimum atomic E-state index is -4.40. The van der Waals surface area contributed by atoms with E-state index in [9.17, 15) is 31.1 Å². The molecule has 3 aliphatic rings. The fourth-order valence-electron chi connectivity index (χ4n) is 5.14. The Kier molecular flexibility index (Phi) is 9.87. The molecular formula is C26H33F6N5OS. The van der Waals surface area contributed by atoms with Gasteiger partial charge in [-0.2, -0.15) is 26.3 Å². The first-order valence-electron chi connectivity index (χ1n) is 13.1. The highest BCUT2D eigenvalue weighted by atomic mass is 32.2. The maximum Gasteiger partial charge on any atom is 0.446 e. The number of nitrogens with zero attached hydrogens (tertiary/aromatic N) is 4. The zero-order valence-corrected chi connectivity index (χ0v) is 22.3. The molecule has 2 fully saturated rings. The fourth-order valence-corrected chi connectivity index (χ4v) is 5.68. The standard InChI is InChI=1S/C26H33F6N5OS/c27-25(28,29)23-8-5-21(18-33-23)36-16-14-35(15-17-36)11-1-2-24(38)37-12-9-20(10-13-37)34-19-3-6-22(7-4-19)39-26(30,31)32/h3-4,6-8,18,20-21,34H,1-2,5,9-17H2. The molecule has 0 aromatic heterocycles. The van der Waals surface area contributed by atoms with Gasteiger partial charge in [-0.3, -0.25) is 14.7 Å². The molecule has 0 bridgehead atoms. The van der Waals surface area contributed by atoms with Crippen molar-refractivity contribution < 1.29 is 31.1 Å². The number of aliphatic imine (C=N–C) groups is 1. The van der Waals surface area contributed by atoms with Crippen molar-refractivity contribution in [1.82, 2.24) is 14.7 Å². The molecule has 39 heavy (non-hydrogen) atoms. The Morgan fingerprint density at radius 3 is 2.21 bits per heavy atom. The van der Waals surface area contributed by atoms with E-state index in [1.807, 2.05) is 4.90 Å². The lowest BCUT2D eigenvalue weighted by atomic mass is 10.0. The number of carbonyl (C=O) groups excluding carboxylic acids is 1. The number of hydrogen-bond donors (Lipinski definition) is 1. The van der Waals surface area contributed by atoms with E-state index in [2.05, 4.69) is 20.1 Å². The number of carbonyl (C=O) groups is 1. The predicted molar refractivity (Wildman–Crippen MR) is 140 cm³/mol. The topological polar surface area (TPSA) is 51.2 Å². The van der Waals surface area contributed by atoms with Crippen LogP contribution < -0.4 is 5.32 Å². The number of likely N-dealkylation sites (tertiary alicyclic amines) is 1. The Morgan fingerprint density at radius 1 is 0.974 bits per heavy atom. The van der Waals surface area contributed by atoms with Crippen LogP contribution in [-0.2, 0) is 4.79 Å². The second-order valence-electron chi connectivity index (χ2n) is 10.0. The molecule has 2 saturated heterocycles. The van der Waals surface area contributed by atoms with Crippen molar-refractivity contribution in [3.63, 3.8) is 0 Å². The number of anilines is 1. The first kappa shape index (κ1) is 29.7. The van der Waals surface area contributed by atoms with E-state index in [0.29, 0.717) is 25.9 Å². The zero-order chi connectivity index (χ0) is 28.0. The molecule has 0 aliphatic carbocycles. The summed E-state index contributed by atoms with van der Waals surface area (Å²) < 4.78 is 75.7. The van der Waals surface area contributed by atoms with Gasteiger partial charge < -0.3 is 15.1 Å². The van der Waals surface area contributed by atoms with Crippen LogP contribution in [0, 0.1) is 0 Å². The van der Waals surface area contributed by atoms with Crippen LogP contribution in [0.25, 0.3) is 0 Å². The Bertz CT molecular complexity index is 1010. The smallest absolute Gasteiger partial charge is 0.382 e. The van der Waals surface area contributed by atoms with Gasteiger partial charge in [-0.1, -0.05) is 6.08 Å². The van der Waals surface area contributed by atoms with Crippen LogP contribution in [-0.4, -0.2) is 96.4 Å². The fraction of sp³-hybridized carbons (Fsp3) is 0.615. The molecule has 0 spiro atoms. The zero-order valence-electron chi connectivity index (χ0n) is 21.5. The average Bonchev–Trinajstić information content (AvgIpc) is 2.89. The van der Waals surface area contributed by atoms with Gasteiger partial charge >= 0.3 is 11.7 Å². The van der Waals surface area contributed by atoms with Gasteiger partial charge in [0, 0.05) is 74.6 Å². The monoisotopic (exact) mass is 577 g/mol. The summed E-state index contributed by atoms with van der Waals surface area (Å²) in [6, 6.07) is 6.26. The van der Waals surface area contributed by atoms with Crippen LogP contribution in [0.15, 0.2) is 45.9 Å². The van der Waals surface area contributed by atoms with Gasteiger partial charge in [-0.25, -0.2) is 0 Å². The van der Waals surface area contributed by atoms with Gasteiger partial charge in [0.1, 0.15) is 5.70 Å². The van der Waals surface area contributed by atoms with Crippen LogP contribution in [0.4, 0.5) is 32.0 Å². The van der Waals surface area contributed by atoms with Gasteiger partial charge in [0.2, 0.25) is 5.91 Å². The number of hydrogen-bond acceptors (Lipinski definition) is 6. The number of allylic oxidation sites excluding steroid dienone is 1. The van der Waals surface area contributed by atoms with E-state index in [1.54, 1.807) is 12.1 Å². The van der Waals surface area contributed by atoms with E-state index in [0.717, 1.165) is 57.7 Å². The number of alkyl halides is 6. The molecule has 0 radical (unpaired) electrons. The van der Waals surface area contributed by atoms with Crippen LogP contribution in [0.2, 0.25) is 0 Å². The summed E-state index contributed by atoms with van der Waals surface area (Å²) in [6.07, 6.45) is 1.25. The summed E-state index contributed by atoms with van der Waals surface area (Å²) in [7, 11) is 0. The summed E-state index contributed by atoms with van der Waals surface area (Å²) in [5.74, 6) is 0.131. The van der Waals surface area contributed by atoms with Crippen molar-refractivity contribution in [2.45, 2.75) is 60.8 Å². The quantitative estimate of drug-likeness (QED) is 0.332. The highest BCUT2D eigenvalue weighted by Crippen LogP contribution is 2.37. The molecule has 13 heteroatoms. The van der Waals surface area contributed by atoms with E-state index < -0.39 is 17.4 Å². The van der Waals surface area contributed by atoms with E-state index in [-0.39, 0.29) is 34.6 Å². The second kappa shape index (κ2) is 12.9. The van der Waals surface area contributed by atoms with E-state index in [1.165, 1.54) is 24.4 Å². The minimum absolute atomic E-state index is 0.106. The van der Waals surface area contributed by atoms with Gasteiger partial charge in [-0.15, -0.1) is 0 Å². The van der Waals surface area contributed by atoms with E-state index in [4.69, 9.17) is 0 Å². The molecule has 0 saturated carbocycles. The van der Waals surface area contributed by atoms with Crippen LogP contribution in [0.5, 0.6) is 0 Å². The van der Waals surface area contributed by atoms with Crippen molar-refractivity contribution >= 4 is 29.6 Å². The van der Waals surface area contributed by atoms with E-state index >= 15 is 0 Å². The Balaban J connectivity index is 1.09. The third kappa shape index (κ3) is 9.14. The SMILES string of the molecule is O=C(CCCN1CCN(C2C=NC(C(F)(F)F)=CC2)CC1)N1CCC(Nc2ccc(SC(F)(F)F)cc2)CC1. The molecule has 1 N–H and O–H groups in total. The first-order chi connectivity index (χ1) is 18.5. The van der Waals surface area contributed by atoms with Crippen LogP contribution in [0.1, 0.15) is 32.1 Å². The largest absolute Gasteiger partial charge is 0.446 e. The number of halogens is 6. The number of benzene rings is 1. The number of thioether (sulfide) groups is 1. The average molecular weight is 578 g/mol. The highest BCUT2D eigenvalue weighted by Gasteiger charge is 2.36.